The molecule has 1 N–H and O–H groups in total. The maximum Gasteiger partial charge on any atom is 0.416 e. The minimum absolute atomic E-state index is 0.103. The van der Waals surface area contributed by atoms with Crippen molar-refractivity contribution in [1.29, 1.82) is 0 Å². The molecule has 0 aliphatic heterocycles. The van der Waals surface area contributed by atoms with Crippen LogP contribution in [-0.4, -0.2) is 41.6 Å². The standard InChI is InChI=1S/C20H19F3N2O3/c1-24(18(26)12-25(19(27)28)16-9-10-16)17-4-2-3-14(11-17)13-5-7-15(8-6-13)20(21,22)23/h2-8,11,16H,9-10,12H2,1H3,(H,27,28). The van der Waals surface area contributed by atoms with Gasteiger partial charge in [0.15, 0.2) is 0 Å². The van der Waals surface area contributed by atoms with Crippen molar-refractivity contribution in [3.63, 3.8) is 0 Å². The average Bonchev–Trinajstić information content (AvgIpc) is 3.49. The molecular formula is C20H19F3N2O3. The highest BCUT2D eigenvalue weighted by Gasteiger charge is 2.34. The molecule has 0 bridgehead atoms. The Morgan fingerprint density at radius 3 is 2.25 bits per heavy atom. The summed E-state index contributed by atoms with van der Waals surface area (Å²) >= 11 is 0. The van der Waals surface area contributed by atoms with Gasteiger partial charge >= 0.3 is 12.3 Å². The van der Waals surface area contributed by atoms with Crippen LogP contribution in [-0.2, 0) is 11.0 Å². The topological polar surface area (TPSA) is 60.9 Å². The van der Waals surface area contributed by atoms with Gasteiger partial charge in [-0.15, -0.1) is 0 Å². The number of anilines is 1. The average molecular weight is 392 g/mol. The van der Waals surface area contributed by atoms with Gasteiger partial charge in [-0.3, -0.25) is 9.69 Å². The molecule has 5 nitrogen and oxygen atoms in total. The van der Waals surface area contributed by atoms with Crippen molar-refractivity contribution in [2.75, 3.05) is 18.5 Å². The SMILES string of the molecule is CN(C(=O)CN(C(=O)O)C1CC1)c1cccc(-c2ccc(C(F)(F)F)cc2)c1. The Bertz CT molecular complexity index is 877. The number of amides is 2. The Kier molecular flexibility index (Phi) is 5.31. The smallest absolute Gasteiger partial charge is 0.416 e. The zero-order valence-electron chi connectivity index (χ0n) is 15.1. The summed E-state index contributed by atoms with van der Waals surface area (Å²) in [5.41, 5.74) is 1.04. The van der Waals surface area contributed by atoms with E-state index in [4.69, 9.17) is 0 Å². The van der Waals surface area contributed by atoms with Crippen LogP contribution in [0.4, 0.5) is 23.7 Å². The normalized spacial score (nSPS) is 13.9. The Labute approximate surface area is 160 Å². The van der Waals surface area contributed by atoms with E-state index in [0.717, 1.165) is 29.9 Å². The van der Waals surface area contributed by atoms with Crippen LogP contribution < -0.4 is 4.90 Å². The van der Waals surface area contributed by atoms with Gasteiger partial charge in [-0.2, -0.15) is 13.2 Å². The fourth-order valence-electron chi connectivity index (χ4n) is 2.88. The van der Waals surface area contributed by atoms with E-state index >= 15 is 0 Å². The molecule has 148 valence electrons. The number of rotatable bonds is 5. The van der Waals surface area contributed by atoms with Gasteiger partial charge in [0.05, 0.1) is 5.56 Å². The molecule has 1 saturated carbocycles. The van der Waals surface area contributed by atoms with E-state index in [1.54, 1.807) is 31.3 Å². The van der Waals surface area contributed by atoms with E-state index in [-0.39, 0.29) is 18.5 Å². The van der Waals surface area contributed by atoms with Crippen molar-refractivity contribution in [3.05, 3.63) is 54.1 Å². The van der Waals surface area contributed by atoms with Crippen LogP contribution in [0.15, 0.2) is 48.5 Å². The van der Waals surface area contributed by atoms with Crippen molar-refractivity contribution in [2.24, 2.45) is 0 Å². The lowest BCUT2D eigenvalue weighted by atomic mass is 10.0. The van der Waals surface area contributed by atoms with Gasteiger partial charge in [0, 0.05) is 18.8 Å². The second kappa shape index (κ2) is 7.53. The molecule has 2 aromatic rings. The first-order chi connectivity index (χ1) is 13.2. The zero-order valence-corrected chi connectivity index (χ0v) is 15.1. The number of carbonyl (C=O) groups excluding carboxylic acids is 1. The molecule has 0 saturated heterocycles. The van der Waals surface area contributed by atoms with Crippen molar-refractivity contribution in [2.45, 2.75) is 25.1 Å². The van der Waals surface area contributed by atoms with Gasteiger partial charge in [0.1, 0.15) is 6.54 Å². The molecule has 28 heavy (non-hydrogen) atoms. The second-order valence-electron chi connectivity index (χ2n) is 6.72. The number of carboxylic acid groups (broad SMARTS) is 1. The number of halogens is 3. The van der Waals surface area contributed by atoms with Gasteiger partial charge in [-0.1, -0.05) is 24.3 Å². The lowest BCUT2D eigenvalue weighted by Crippen LogP contribution is -2.42. The molecule has 0 unspecified atom stereocenters. The molecule has 8 heteroatoms. The molecule has 1 fully saturated rings. The molecule has 1 aliphatic carbocycles. The summed E-state index contributed by atoms with van der Waals surface area (Å²) in [6.07, 6.45) is -4.01. The van der Waals surface area contributed by atoms with Crippen LogP contribution in [0.3, 0.4) is 0 Å². The second-order valence-corrected chi connectivity index (χ2v) is 6.72. The van der Waals surface area contributed by atoms with Crippen molar-refractivity contribution in [3.8, 4) is 11.1 Å². The minimum Gasteiger partial charge on any atom is -0.465 e. The van der Waals surface area contributed by atoms with Gasteiger partial charge in [0.25, 0.3) is 0 Å². The molecule has 0 aromatic heterocycles. The van der Waals surface area contributed by atoms with Crippen LogP contribution in [0.5, 0.6) is 0 Å². The molecule has 0 spiro atoms. The van der Waals surface area contributed by atoms with Gasteiger partial charge in [-0.25, -0.2) is 4.79 Å². The van der Waals surface area contributed by atoms with E-state index in [0.29, 0.717) is 16.8 Å². The Morgan fingerprint density at radius 1 is 1.07 bits per heavy atom. The summed E-state index contributed by atoms with van der Waals surface area (Å²) < 4.78 is 38.1. The van der Waals surface area contributed by atoms with E-state index in [2.05, 4.69) is 0 Å². The number of likely N-dealkylation sites (N-methyl/N-ethyl adjacent to an activating group) is 1. The highest BCUT2D eigenvalue weighted by Crippen LogP contribution is 2.32. The fourth-order valence-corrected chi connectivity index (χ4v) is 2.88. The summed E-state index contributed by atoms with van der Waals surface area (Å²) in [7, 11) is 1.54. The van der Waals surface area contributed by atoms with Crippen LogP contribution in [0.1, 0.15) is 18.4 Å². The molecule has 2 amide bonds. The van der Waals surface area contributed by atoms with Crippen LogP contribution >= 0.6 is 0 Å². The summed E-state index contributed by atoms with van der Waals surface area (Å²) in [4.78, 5) is 26.3. The third-order valence-corrected chi connectivity index (χ3v) is 4.69. The number of nitrogens with zero attached hydrogens (tertiary/aromatic N) is 2. The van der Waals surface area contributed by atoms with Crippen molar-refractivity contribution < 1.29 is 27.9 Å². The predicted molar refractivity (Wildman–Crippen MR) is 98.0 cm³/mol. The van der Waals surface area contributed by atoms with Crippen molar-refractivity contribution in [1.82, 2.24) is 4.90 Å². The molecule has 1 aliphatic rings. The largest absolute Gasteiger partial charge is 0.465 e. The molecule has 2 aromatic carbocycles. The van der Waals surface area contributed by atoms with E-state index in [1.165, 1.54) is 17.0 Å². The van der Waals surface area contributed by atoms with Gasteiger partial charge in [0.2, 0.25) is 5.91 Å². The summed E-state index contributed by atoms with van der Waals surface area (Å²) in [6.45, 7) is -0.235. The lowest BCUT2D eigenvalue weighted by molar-refractivity contribution is -0.137. The number of hydrogen-bond acceptors (Lipinski definition) is 2. The number of hydrogen-bond donors (Lipinski definition) is 1. The van der Waals surface area contributed by atoms with E-state index < -0.39 is 17.8 Å². The molecule has 0 heterocycles. The predicted octanol–water partition coefficient (Wildman–Crippen LogP) is 4.48. The highest BCUT2D eigenvalue weighted by molar-refractivity contribution is 5.96. The van der Waals surface area contributed by atoms with E-state index in [9.17, 15) is 27.9 Å². The summed E-state index contributed by atoms with van der Waals surface area (Å²) in [6, 6.07) is 11.5. The quantitative estimate of drug-likeness (QED) is 0.816. The van der Waals surface area contributed by atoms with Crippen LogP contribution in [0.2, 0.25) is 0 Å². The Hall–Kier alpha value is -3.03. The monoisotopic (exact) mass is 392 g/mol. The third kappa shape index (κ3) is 4.44. The molecule has 3 rings (SSSR count). The number of alkyl halides is 3. The third-order valence-electron chi connectivity index (χ3n) is 4.69. The molecular weight excluding hydrogens is 373 g/mol. The zero-order chi connectivity index (χ0) is 20.5. The Morgan fingerprint density at radius 2 is 1.71 bits per heavy atom. The molecule has 0 radical (unpaired) electrons. The number of carbonyl (C=O) groups is 2. The maximum atomic E-state index is 12.7. The lowest BCUT2D eigenvalue weighted by Gasteiger charge is -2.23. The first-order valence-electron chi connectivity index (χ1n) is 8.70. The number of benzene rings is 2. The van der Waals surface area contributed by atoms with Crippen LogP contribution in [0, 0.1) is 0 Å². The fraction of sp³-hybridized carbons (Fsp3) is 0.300. The van der Waals surface area contributed by atoms with Gasteiger partial charge < -0.3 is 10.0 Å². The first kappa shape index (κ1) is 19.7. The molecule has 0 atom stereocenters. The summed E-state index contributed by atoms with van der Waals surface area (Å²) in [5, 5.41) is 9.23. The minimum atomic E-state index is -4.40. The summed E-state index contributed by atoms with van der Waals surface area (Å²) in [5.74, 6) is -0.376. The highest BCUT2D eigenvalue weighted by atomic mass is 19.4. The van der Waals surface area contributed by atoms with Gasteiger partial charge in [-0.05, 0) is 48.2 Å². The maximum absolute atomic E-state index is 12.7. The van der Waals surface area contributed by atoms with Crippen molar-refractivity contribution >= 4 is 17.7 Å². The first-order valence-corrected chi connectivity index (χ1v) is 8.70. The van der Waals surface area contributed by atoms with Crippen LogP contribution in [0.25, 0.3) is 11.1 Å². The van der Waals surface area contributed by atoms with E-state index in [1.807, 2.05) is 0 Å². The Balaban J connectivity index is 1.76.